The number of hydrogen-bond donors (Lipinski definition) is 1. The molecule has 21 heavy (non-hydrogen) atoms. The van der Waals surface area contributed by atoms with E-state index in [1.165, 1.54) is 5.56 Å². The number of aromatic nitrogens is 1. The van der Waals surface area contributed by atoms with Crippen molar-refractivity contribution >= 4 is 11.8 Å². The maximum atomic E-state index is 11.9. The molecule has 0 aliphatic carbocycles. The number of hydrogen-bond acceptors (Lipinski definition) is 4. The molecule has 1 aliphatic rings. The molecule has 1 fully saturated rings. The second-order valence-corrected chi connectivity index (χ2v) is 6.45. The first-order chi connectivity index (χ1) is 9.84. The van der Waals surface area contributed by atoms with Crippen LogP contribution < -0.4 is 5.32 Å². The Hall–Kier alpha value is -1.78. The summed E-state index contributed by atoms with van der Waals surface area (Å²) in [6.45, 7) is 9.15. The number of anilines is 1. The molecule has 0 aromatic carbocycles. The van der Waals surface area contributed by atoms with Crippen LogP contribution in [0.1, 0.15) is 44.9 Å². The van der Waals surface area contributed by atoms with Crippen molar-refractivity contribution in [2.75, 3.05) is 25.5 Å². The van der Waals surface area contributed by atoms with Crippen LogP contribution in [0.3, 0.4) is 0 Å². The number of amides is 1. The number of aryl methyl sites for hydroxylation is 1. The van der Waals surface area contributed by atoms with E-state index in [1.54, 1.807) is 4.90 Å². The minimum Gasteiger partial charge on any atom is -0.444 e. The molecular weight excluding hydrogens is 266 g/mol. The zero-order valence-corrected chi connectivity index (χ0v) is 13.6. The normalized spacial score (nSPS) is 15.6. The molecule has 0 unspecified atom stereocenters. The Bertz CT molecular complexity index is 517. The molecule has 0 spiro atoms. The number of ether oxygens (including phenoxy) is 1. The molecule has 0 saturated carbocycles. The highest BCUT2D eigenvalue weighted by Crippen LogP contribution is 2.29. The van der Waals surface area contributed by atoms with Crippen molar-refractivity contribution in [3.63, 3.8) is 0 Å². The number of carbonyl (C=O) groups is 1. The Morgan fingerprint density at radius 3 is 2.67 bits per heavy atom. The summed E-state index contributed by atoms with van der Waals surface area (Å²) in [7, 11) is 1.91. The predicted octanol–water partition coefficient (Wildman–Crippen LogP) is 3.02. The molecule has 1 aliphatic heterocycles. The van der Waals surface area contributed by atoms with E-state index in [0.717, 1.165) is 17.8 Å². The van der Waals surface area contributed by atoms with Gasteiger partial charge < -0.3 is 15.0 Å². The summed E-state index contributed by atoms with van der Waals surface area (Å²) in [6.07, 6.45) is 2.61. The fourth-order valence-electron chi connectivity index (χ4n) is 2.40. The van der Waals surface area contributed by atoms with Crippen LogP contribution in [0.2, 0.25) is 0 Å². The molecule has 116 valence electrons. The van der Waals surface area contributed by atoms with Gasteiger partial charge >= 0.3 is 6.09 Å². The molecule has 1 N–H and O–H groups in total. The first-order valence-electron chi connectivity index (χ1n) is 7.48. The fraction of sp³-hybridized carbons (Fsp3) is 0.625. The lowest BCUT2D eigenvalue weighted by atomic mass is 9.94. The van der Waals surface area contributed by atoms with E-state index in [2.05, 4.69) is 23.3 Å². The first kappa shape index (κ1) is 15.6. The van der Waals surface area contributed by atoms with Crippen molar-refractivity contribution in [1.29, 1.82) is 0 Å². The number of pyridine rings is 1. The lowest BCUT2D eigenvalue weighted by Crippen LogP contribution is -2.50. The van der Waals surface area contributed by atoms with Crippen LogP contribution >= 0.6 is 0 Å². The summed E-state index contributed by atoms with van der Waals surface area (Å²) in [5.41, 5.74) is 2.96. The van der Waals surface area contributed by atoms with Gasteiger partial charge in [0.2, 0.25) is 0 Å². The van der Waals surface area contributed by atoms with E-state index in [-0.39, 0.29) is 6.09 Å². The van der Waals surface area contributed by atoms with Crippen molar-refractivity contribution in [3.05, 3.63) is 23.5 Å². The second kappa shape index (κ2) is 5.92. The van der Waals surface area contributed by atoms with E-state index in [1.807, 2.05) is 34.0 Å². The third kappa shape index (κ3) is 3.65. The Morgan fingerprint density at radius 1 is 1.48 bits per heavy atom. The number of nitrogens with zero attached hydrogens (tertiary/aromatic N) is 2. The molecule has 0 atom stereocenters. The predicted molar refractivity (Wildman–Crippen MR) is 83.7 cm³/mol. The lowest BCUT2D eigenvalue weighted by Gasteiger charge is -2.39. The topological polar surface area (TPSA) is 54.5 Å². The quantitative estimate of drug-likeness (QED) is 0.930. The van der Waals surface area contributed by atoms with Crippen LogP contribution in [0.5, 0.6) is 0 Å². The van der Waals surface area contributed by atoms with Gasteiger partial charge in [-0.05, 0) is 38.8 Å². The maximum absolute atomic E-state index is 11.9. The van der Waals surface area contributed by atoms with Gasteiger partial charge in [-0.3, -0.25) is 4.98 Å². The lowest BCUT2D eigenvalue weighted by molar-refractivity contribution is 0.00787. The molecule has 1 aromatic heterocycles. The first-order valence-corrected chi connectivity index (χ1v) is 7.48. The number of nitrogens with one attached hydrogen (secondary N) is 1. The van der Waals surface area contributed by atoms with Crippen LogP contribution in [0.4, 0.5) is 10.5 Å². The van der Waals surface area contributed by atoms with Crippen molar-refractivity contribution < 1.29 is 9.53 Å². The molecule has 1 amide bonds. The maximum Gasteiger partial charge on any atom is 0.410 e. The van der Waals surface area contributed by atoms with Gasteiger partial charge in [-0.2, -0.15) is 0 Å². The van der Waals surface area contributed by atoms with Gasteiger partial charge in [0.15, 0.2) is 0 Å². The average Bonchev–Trinajstić information content (AvgIpc) is 2.34. The highest BCUT2D eigenvalue weighted by atomic mass is 16.6. The average molecular weight is 291 g/mol. The van der Waals surface area contributed by atoms with Gasteiger partial charge in [-0.25, -0.2) is 4.79 Å². The van der Waals surface area contributed by atoms with Crippen LogP contribution in [0.25, 0.3) is 0 Å². The minimum absolute atomic E-state index is 0.235. The monoisotopic (exact) mass is 291 g/mol. The molecule has 0 bridgehead atoms. The van der Waals surface area contributed by atoms with Crippen molar-refractivity contribution in [2.24, 2.45) is 0 Å². The van der Waals surface area contributed by atoms with Crippen LogP contribution in [0.15, 0.2) is 12.3 Å². The molecule has 5 nitrogen and oxygen atoms in total. The van der Waals surface area contributed by atoms with Gasteiger partial charge in [-0.1, -0.05) is 6.92 Å². The van der Waals surface area contributed by atoms with Gasteiger partial charge in [0.1, 0.15) is 5.60 Å². The molecule has 0 radical (unpaired) electrons. The number of likely N-dealkylation sites (tertiary alicyclic amines) is 1. The van der Waals surface area contributed by atoms with E-state index >= 15 is 0 Å². The second-order valence-electron chi connectivity index (χ2n) is 6.45. The highest BCUT2D eigenvalue weighted by Gasteiger charge is 2.35. The van der Waals surface area contributed by atoms with Crippen molar-refractivity contribution in [2.45, 2.75) is 45.6 Å². The van der Waals surface area contributed by atoms with E-state index in [4.69, 9.17) is 4.74 Å². The molecule has 1 aromatic rings. The van der Waals surface area contributed by atoms with Crippen molar-refractivity contribution in [1.82, 2.24) is 9.88 Å². The van der Waals surface area contributed by atoms with E-state index < -0.39 is 5.60 Å². The third-order valence-electron chi connectivity index (χ3n) is 3.61. The van der Waals surface area contributed by atoms with Gasteiger partial charge in [0.25, 0.3) is 0 Å². The van der Waals surface area contributed by atoms with Crippen molar-refractivity contribution in [3.8, 4) is 0 Å². The van der Waals surface area contributed by atoms with Crippen LogP contribution in [-0.4, -0.2) is 41.7 Å². The summed E-state index contributed by atoms with van der Waals surface area (Å²) in [4.78, 5) is 18.2. The summed E-state index contributed by atoms with van der Waals surface area (Å²) in [6, 6.07) is 2.14. The highest BCUT2D eigenvalue weighted by molar-refractivity contribution is 5.69. The summed E-state index contributed by atoms with van der Waals surface area (Å²) >= 11 is 0. The van der Waals surface area contributed by atoms with Crippen LogP contribution in [0, 0.1) is 0 Å². The van der Waals surface area contributed by atoms with Gasteiger partial charge in [0, 0.05) is 31.7 Å². The zero-order chi connectivity index (χ0) is 15.6. The van der Waals surface area contributed by atoms with E-state index in [9.17, 15) is 4.79 Å². The fourth-order valence-corrected chi connectivity index (χ4v) is 2.40. The molecule has 1 saturated heterocycles. The summed E-state index contributed by atoms with van der Waals surface area (Å²) in [5, 5.41) is 3.15. The standard InChI is InChI=1S/C16H25N3O2/c1-6-11-7-13(18-8-14(11)17-5)12-9-19(10-12)15(20)21-16(2,3)4/h7-8,12,17H,6,9-10H2,1-5H3. The Balaban J connectivity index is 1.97. The Morgan fingerprint density at radius 2 is 2.14 bits per heavy atom. The van der Waals surface area contributed by atoms with E-state index in [0.29, 0.717) is 19.0 Å². The smallest absolute Gasteiger partial charge is 0.410 e. The Labute approximate surface area is 126 Å². The van der Waals surface area contributed by atoms with Gasteiger partial charge in [0.05, 0.1) is 11.9 Å². The molecule has 2 heterocycles. The third-order valence-corrected chi connectivity index (χ3v) is 3.61. The summed E-state index contributed by atoms with van der Waals surface area (Å²) in [5.74, 6) is 0.314. The molecule has 2 rings (SSSR count). The SMILES string of the molecule is CCc1cc(C2CN(C(=O)OC(C)(C)C)C2)ncc1NC. The minimum atomic E-state index is -0.440. The number of carbonyl (C=O) groups excluding carboxylic acids is 1. The largest absolute Gasteiger partial charge is 0.444 e. The summed E-state index contributed by atoms with van der Waals surface area (Å²) < 4.78 is 5.36. The molecule has 5 heteroatoms. The number of rotatable bonds is 3. The Kier molecular flexibility index (Phi) is 4.40. The van der Waals surface area contributed by atoms with Gasteiger partial charge in [-0.15, -0.1) is 0 Å². The van der Waals surface area contributed by atoms with Crippen LogP contribution in [-0.2, 0) is 11.2 Å². The molecular formula is C16H25N3O2. The zero-order valence-electron chi connectivity index (χ0n) is 13.6.